The summed E-state index contributed by atoms with van der Waals surface area (Å²) in [6, 6.07) is 10.1. The van der Waals surface area contributed by atoms with E-state index in [1.165, 1.54) is 24.9 Å². The van der Waals surface area contributed by atoms with E-state index in [9.17, 15) is 9.18 Å². The van der Waals surface area contributed by atoms with Gasteiger partial charge < -0.3 is 14.8 Å². The van der Waals surface area contributed by atoms with E-state index in [0.717, 1.165) is 9.13 Å². The standard InChI is InChI=1S/C18H13FINO3S2/c1-23-14-7-10(8-15-17(22)21-18(25)26-15)6-13(20)16(14)24-9-11-4-2-3-5-12(11)19/h2-8H,9H2,1H3,(H,21,22,25)/b15-8+. The zero-order valence-electron chi connectivity index (χ0n) is 13.5. The predicted octanol–water partition coefficient (Wildman–Crippen LogP) is 4.51. The maximum absolute atomic E-state index is 13.8. The molecule has 0 aliphatic carbocycles. The average molecular weight is 501 g/mol. The van der Waals surface area contributed by atoms with Crippen molar-refractivity contribution < 1.29 is 18.7 Å². The van der Waals surface area contributed by atoms with Crippen LogP contribution >= 0.6 is 46.6 Å². The van der Waals surface area contributed by atoms with E-state index in [1.54, 1.807) is 30.3 Å². The summed E-state index contributed by atoms with van der Waals surface area (Å²) in [5, 5.41) is 2.58. The van der Waals surface area contributed by atoms with Crippen LogP contribution in [0.15, 0.2) is 41.3 Å². The molecule has 0 unspecified atom stereocenters. The maximum atomic E-state index is 13.8. The van der Waals surface area contributed by atoms with Gasteiger partial charge >= 0.3 is 0 Å². The highest BCUT2D eigenvalue weighted by Gasteiger charge is 2.22. The lowest BCUT2D eigenvalue weighted by atomic mass is 10.2. The highest BCUT2D eigenvalue weighted by Crippen LogP contribution is 2.36. The van der Waals surface area contributed by atoms with Crippen molar-refractivity contribution in [2.45, 2.75) is 6.61 Å². The number of thiocarbonyl (C=S) groups is 1. The summed E-state index contributed by atoms with van der Waals surface area (Å²) in [6.07, 6.45) is 1.74. The Hall–Kier alpha value is -1.65. The van der Waals surface area contributed by atoms with Crippen molar-refractivity contribution >= 4 is 62.9 Å². The average Bonchev–Trinajstić information content (AvgIpc) is 2.92. The molecular formula is C18H13FINO3S2. The van der Waals surface area contributed by atoms with E-state index in [4.69, 9.17) is 21.7 Å². The molecule has 1 fully saturated rings. The van der Waals surface area contributed by atoms with Gasteiger partial charge in [0.15, 0.2) is 11.5 Å². The molecule has 3 rings (SSSR count). The van der Waals surface area contributed by atoms with Gasteiger partial charge in [0.05, 0.1) is 15.6 Å². The van der Waals surface area contributed by atoms with Crippen molar-refractivity contribution in [3.63, 3.8) is 0 Å². The Labute approximate surface area is 173 Å². The van der Waals surface area contributed by atoms with Gasteiger partial charge in [-0.15, -0.1) is 0 Å². The maximum Gasteiger partial charge on any atom is 0.263 e. The first-order valence-electron chi connectivity index (χ1n) is 7.46. The fourth-order valence-corrected chi connectivity index (χ4v) is 4.13. The second-order valence-electron chi connectivity index (χ2n) is 5.27. The number of hydrogen-bond acceptors (Lipinski definition) is 5. The molecule has 0 saturated carbocycles. The van der Waals surface area contributed by atoms with Crippen LogP contribution in [-0.4, -0.2) is 17.3 Å². The minimum Gasteiger partial charge on any atom is -0.493 e. The summed E-state index contributed by atoms with van der Waals surface area (Å²) >= 11 is 8.33. The quantitative estimate of drug-likeness (QED) is 0.372. The summed E-state index contributed by atoms with van der Waals surface area (Å²) < 4.78 is 26.2. The molecule has 0 radical (unpaired) electrons. The second kappa shape index (κ2) is 8.36. The van der Waals surface area contributed by atoms with Crippen molar-refractivity contribution in [3.05, 3.63) is 61.8 Å². The third kappa shape index (κ3) is 4.36. The van der Waals surface area contributed by atoms with Crippen molar-refractivity contribution in [2.75, 3.05) is 7.11 Å². The number of benzene rings is 2. The number of halogens is 2. The molecule has 1 aliphatic heterocycles. The Balaban J connectivity index is 1.86. The molecule has 26 heavy (non-hydrogen) atoms. The van der Waals surface area contributed by atoms with Crippen LogP contribution in [0.2, 0.25) is 0 Å². The van der Waals surface area contributed by atoms with Crippen molar-refractivity contribution in [1.29, 1.82) is 0 Å². The molecule has 8 heteroatoms. The lowest BCUT2D eigenvalue weighted by Crippen LogP contribution is -2.17. The number of amides is 1. The van der Waals surface area contributed by atoms with E-state index in [1.807, 2.05) is 6.07 Å². The summed E-state index contributed by atoms with van der Waals surface area (Å²) in [7, 11) is 1.53. The van der Waals surface area contributed by atoms with E-state index >= 15 is 0 Å². The van der Waals surface area contributed by atoms with Gasteiger partial charge in [-0.1, -0.05) is 42.2 Å². The molecule has 1 amide bonds. The molecule has 134 valence electrons. The van der Waals surface area contributed by atoms with Gasteiger partial charge in [-0.25, -0.2) is 4.39 Å². The van der Waals surface area contributed by atoms with Gasteiger partial charge in [-0.2, -0.15) is 0 Å². The fourth-order valence-electron chi connectivity index (χ4n) is 2.30. The Morgan fingerprint density at radius 1 is 1.35 bits per heavy atom. The van der Waals surface area contributed by atoms with Crippen LogP contribution in [0.4, 0.5) is 4.39 Å². The topological polar surface area (TPSA) is 47.6 Å². The minimum atomic E-state index is -0.317. The van der Waals surface area contributed by atoms with Gasteiger partial charge in [0, 0.05) is 5.56 Å². The second-order valence-corrected chi connectivity index (χ2v) is 8.15. The molecule has 1 heterocycles. The minimum absolute atomic E-state index is 0.0893. The van der Waals surface area contributed by atoms with Crippen LogP contribution in [-0.2, 0) is 11.4 Å². The SMILES string of the molecule is COc1cc(/C=C2/SC(=S)NC2=O)cc(I)c1OCc1ccccc1F. The predicted molar refractivity (Wildman–Crippen MR) is 113 cm³/mol. The molecule has 0 bridgehead atoms. The van der Waals surface area contributed by atoms with E-state index in [2.05, 4.69) is 27.9 Å². The number of carbonyl (C=O) groups excluding carboxylic acids is 1. The number of carbonyl (C=O) groups is 1. The Morgan fingerprint density at radius 2 is 2.12 bits per heavy atom. The van der Waals surface area contributed by atoms with Gasteiger partial charge in [0.25, 0.3) is 5.91 Å². The van der Waals surface area contributed by atoms with Gasteiger partial charge in [-0.05, 0) is 52.4 Å². The third-order valence-electron chi connectivity index (χ3n) is 3.52. The molecule has 1 N–H and O–H groups in total. The van der Waals surface area contributed by atoms with Gasteiger partial charge in [0.2, 0.25) is 0 Å². The molecule has 1 saturated heterocycles. The number of ether oxygens (including phenoxy) is 2. The normalized spacial score (nSPS) is 15.3. The summed E-state index contributed by atoms with van der Waals surface area (Å²) in [6.45, 7) is 0.0893. The molecule has 0 aromatic heterocycles. The lowest BCUT2D eigenvalue weighted by molar-refractivity contribution is -0.115. The molecule has 2 aromatic carbocycles. The Morgan fingerprint density at radius 3 is 2.77 bits per heavy atom. The monoisotopic (exact) mass is 501 g/mol. The Bertz CT molecular complexity index is 917. The lowest BCUT2D eigenvalue weighted by Gasteiger charge is -2.14. The highest BCUT2D eigenvalue weighted by molar-refractivity contribution is 14.1. The molecule has 1 aliphatic rings. The molecule has 0 spiro atoms. The van der Waals surface area contributed by atoms with Crippen LogP contribution in [0, 0.1) is 9.39 Å². The summed E-state index contributed by atoms with van der Waals surface area (Å²) in [4.78, 5) is 12.3. The third-order valence-corrected chi connectivity index (χ3v) is 5.49. The van der Waals surface area contributed by atoms with Crippen LogP contribution in [0.3, 0.4) is 0 Å². The van der Waals surface area contributed by atoms with Crippen LogP contribution in [0.1, 0.15) is 11.1 Å². The smallest absolute Gasteiger partial charge is 0.263 e. The molecule has 0 atom stereocenters. The fraction of sp³-hybridized carbons (Fsp3) is 0.111. The van der Waals surface area contributed by atoms with Crippen LogP contribution in [0.25, 0.3) is 6.08 Å². The number of hydrogen-bond donors (Lipinski definition) is 1. The Kier molecular flexibility index (Phi) is 6.15. The van der Waals surface area contributed by atoms with E-state index in [-0.39, 0.29) is 18.3 Å². The number of nitrogens with one attached hydrogen (secondary N) is 1. The van der Waals surface area contributed by atoms with Gasteiger partial charge in [-0.3, -0.25) is 4.79 Å². The van der Waals surface area contributed by atoms with Crippen molar-refractivity contribution in [1.82, 2.24) is 5.32 Å². The number of rotatable bonds is 5. The zero-order chi connectivity index (χ0) is 18.7. The molecular weight excluding hydrogens is 488 g/mol. The van der Waals surface area contributed by atoms with Gasteiger partial charge in [0.1, 0.15) is 16.7 Å². The number of thioether (sulfide) groups is 1. The highest BCUT2D eigenvalue weighted by atomic mass is 127. The first-order chi connectivity index (χ1) is 12.5. The van der Waals surface area contributed by atoms with E-state index < -0.39 is 0 Å². The van der Waals surface area contributed by atoms with Crippen LogP contribution < -0.4 is 14.8 Å². The van der Waals surface area contributed by atoms with Crippen molar-refractivity contribution in [2.24, 2.45) is 0 Å². The number of methoxy groups -OCH3 is 1. The summed E-state index contributed by atoms with van der Waals surface area (Å²) in [5.41, 5.74) is 1.25. The van der Waals surface area contributed by atoms with Crippen molar-refractivity contribution in [3.8, 4) is 11.5 Å². The zero-order valence-corrected chi connectivity index (χ0v) is 17.3. The molecule has 4 nitrogen and oxygen atoms in total. The molecule has 2 aromatic rings. The van der Waals surface area contributed by atoms with Crippen LogP contribution in [0.5, 0.6) is 11.5 Å². The first kappa shape index (κ1) is 19.1. The largest absolute Gasteiger partial charge is 0.493 e. The van der Waals surface area contributed by atoms with E-state index in [0.29, 0.717) is 26.3 Å². The first-order valence-corrected chi connectivity index (χ1v) is 9.77. The summed E-state index contributed by atoms with van der Waals surface area (Å²) in [5.74, 6) is 0.501.